The highest BCUT2D eigenvalue weighted by atomic mass is 16.4. The van der Waals surface area contributed by atoms with Crippen molar-refractivity contribution < 1.29 is 14.7 Å². The molecule has 1 aromatic heterocycles. The Morgan fingerprint density at radius 3 is 2.62 bits per heavy atom. The number of anilines is 1. The number of carbonyl (C=O) groups is 2. The van der Waals surface area contributed by atoms with Crippen LogP contribution in [-0.2, 0) is 9.59 Å². The molecule has 1 rings (SSSR count). The predicted molar refractivity (Wildman–Crippen MR) is 80.2 cm³/mol. The fraction of sp³-hybridized carbons (Fsp3) is 0.643. The fourth-order valence-electron chi connectivity index (χ4n) is 2.09. The lowest BCUT2D eigenvalue weighted by Crippen LogP contribution is -2.45. The van der Waals surface area contributed by atoms with E-state index < -0.39 is 12.0 Å². The number of hydrogen-bond acceptors (Lipinski definition) is 4. The summed E-state index contributed by atoms with van der Waals surface area (Å²) in [5.41, 5.74) is 0. The number of rotatable bonds is 8. The maximum Gasteiger partial charge on any atom is 0.317 e. The zero-order valence-corrected chi connectivity index (χ0v) is 13.0. The van der Waals surface area contributed by atoms with E-state index in [1.165, 1.54) is 0 Å². The summed E-state index contributed by atoms with van der Waals surface area (Å²) in [6.45, 7) is 8.02. The first-order valence-electron chi connectivity index (χ1n) is 7.17. The Morgan fingerprint density at radius 1 is 1.43 bits per heavy atom. The van der Waals surface area contributed by atoms with Crippen LogP contribution in [0.25, 0.3) is 0 Å². The summed E-state index contributed by atoms with van der Waals surface area (Å²) < 4.78 is 1.71. The number of nitrogens with one attached hydrogen (secondary N) is 1. The second-order valence-electron chi connectivity index (χ2n) is 5.28. The van der Waals surface area contributed by atoms with Crippen molar-refractivity contribution in [3.63, 3.8) is 0 Å². The maximum atomic E-state index is 12.3. The molecule has 2 N–H and O–H groups in total. The molecule has 0 aromatic carbocycles. The molecule has 1 amide bonds. The van der Waals surface area contributed by atoms with Gasteiger partial charge in [-0.05, 0) is 33.7 Å². The molecule has 0 fully saturated rings. The standard InChI is InChI=1S/C14H24N4O3/c1-5-8-17(9-13(19)20)11(4)14(21)16-12-6-7-15-18(12)10(2)3/h6-7,10-11H,5,8-9H2,1-4H3,(H,16,21)(H,19,20). The SMILES string of the molecule is CCCN(CC(=O)O)C(C)C(=O)Nc1ccnn1C(C)C. The summed E-state index contributed by atoms with van der Waals surface area (Å²) in [6, 6.07) is 1.35. The van der Waals surface area contributed by atoms with E-state index in [1.54, 1.807) is 28.8 Å². The third-order valence-electron chi connectivity index (χ3n) is 3.19. The number of amides is 1. The molecule has 21 heavy (non-hydrogen) atoms. The summed E-state index contributed by atoms with van der Waals surface area (Å²) in [4.78, 5) is 24.8. The van der Waals surface area contributed by atoms with Gasteiger partial charge >= 0.3 is 5.97 Å². The van der Waals surface area contributed by atoms with Gasteiger partial charge in [-0.15, -0.1) is 0 Å². The normalized spacial score (nSPS) is 12.7. The van der Waals surface area contributed by atoms with Crippen molar-refractivity contribution in [1.29, 1.82) is 0 Å². The zero-order chi connectivity index (χ0) is 16.0. The molecule has 0 aliphatic heterocycles. The van der Waals surface area contributed by atoms with E-state index in [2.05, 4.69) is 10.4 Å². The second-order valence-corrected chi connectivity index (χ2v) is 5.28. The molecule has 0 radical (unpaired) electrons. The molecular formula is C14H24N4O3. The smallest absolute Gasteiger partial charge is 0.317 e. The second kappa shape index (κ2) is 7.78. The Labute approximate surface area is 124 Å². The van der Waals surface area contributed by atoms with Gasteiger partial charge in [0.25, 0.3) is 0 Å². The van der Waals surface area contributed by atoms with Crippen molar-refractivity contribution in [2.24, 2.45) is 0 Å². The summed E-state index contributed by atoms with van der Waals surface area (Å²) >= 11 is 0. The number of aliphatic carboxylic acids is 1. The lowest BCUT2D eigenvalue weighted by molar-refractivity contribution is -0.139. The molecule has 1 unspecified atom stereocenters. The topological polar surface area (TPSA) is 87.5 Å². The molecule has 0 spiro atoms. The van der Waals surface area contributed by atoms with E-state index in [0.29, 0.717) is 12.4 Å². The first kappa shape index (κ1) is 17.2. The van der Waals surface area contributed by atoms with Crippen LogP contribution in [0.4, 0.5) is 5.82 Å². The Kier molecular flexibility index (Phi) is 6.36. The van der Waals surface area contributed by atoms with Crippen LogP contribution >= 0.6 is 0 Å². The highest BCUT2D eigenvalue weighted by molar-refractivity contribution is 5.94. The number of carbonyl (C=O) groups excluding carboxylic acids is 1. The molecule has 0 saturated heterocycles. The summed E-state index contributed by atoms with van der Waals surface area (Å²) in [6.07, 6.45) is 2.41. The number of aromatic nitrogens is 2. The van der Waals surface area contributed by atoms with Gasteiger partial charge in [0.1, 0.15) is 5.82 Å². The predicted octanol–water partition coefficient (Wildman–Crippen LogP) is 1.59. The van der Waals surface area contributed by atoms with Crippen molar-refractivity contribution in [3.05, 3.63) is 12.3 Å². The van der Waals surface area contributed by atoms with E-state index in [0.717, 1.165) is 6.42 Å². The van der Waals surface area contributed by atoms with Crippen molar-refractivity contribution in [1.82, 2.24) is 14.7 Å². The molecule has 0 bridgehead atoms. The Morgan fingerprint density at radius 2 is 2.10 bits per heavy atom. The summed E-state index contributed by atoms with van der Waals surface area (Å²) in [5.74, 6) is -0.545. The summed E-state index contributed by atoms with van der Waals surface area (Å²) in [7, 11) is 0. The molecule has 7 nitrogen and oxygen atoms in total. The van der Waals surface area contributed by atoms with E-state index >= 15 is 0 Å². The third kappa shape index (κ3) is 4.86. The molecule has 0 saturated carbocycles. The van der Waals surface area contributed by atoms with Crippen LogP contribution in [0.1, 0.15) is 40.2 Å². The molecular weight excluding hydrogens is 272 g/mol. The lowest BCUT2D eigenvalue weighted by atomic mass is 10.2. The zero-order valence-electron chi connectivity index (χ0n) is 13.0. The Bertz CT molecular complexity index is 484. The number of carboxylic acid groups (broad SMARTS) is 1. The molecule has 1 atom stereocenters. The van der Waals surface area contributed by atoms with Crippen LogP contribution in [-0.4, -0.2) is 50.8 Å². The van der Waals surface area contributed by atoms with Gasteiger partial charge < -0.3 is 10.4 Å². The van der Waals surface area contributed by atoms with Gasteiger partial charge in [0, 0.05) is 12.1 Å². The van der Waals surface area contributed by atoms with E-state index in [1.807, 2.05) is 20.8 Å². The van der Waals surface area contributed by atoms with Crippen LogP contribution in [0.15, 0.2) is 12.3 Å². The van der Waals surface area contributed by atoms with Gasteiger partial charge in [0.2, 0.25) is 5.91 Å². The van der Waals surface area contributed by atoms with Gasteiger partial charge in [0.05, 0.1) is 18.8 Å². The van der Waals surface area contributed by atoms with Crippen molar-refractivity contribution in [2.45, 2.75) is 46.2 Å². The van der Waals surface area contributed by atoms with Crippen molar-refractivity contribution >= 4 is 17.7 Å². The van der Waals surface area contributed by atoms with E-state index in [4.69, 9.17) is 5.11 Å². The average Bonchev–Trinajstić information content (AvgIpc) is 2.85. The van der Waals surface area contributed by atoms with E-state index in [-0.39, 0.29) is 18.5 Å². The minimum Gasteiger partial charge on any atom is -0.480 e. The monoisotopic (exact) mass is 296 g/mol. The minimum atomic E-state index is -0.935. The van der Waals surface area contributed by atoms with Crippen molar-refractivity contribution in [3.8, 4) is 0 Å². The van der Waals surface area contributed by atoms with Crippen LogP contribution in [0.5, 0.6) is 0 Å². The lowest BCUT2D eigenvalue weighted by Gasteiger charge is -2.26. The first-order valence-corrected chi connectivity index (χ1v) is 7.17. The van der Waals surface area contributed by atoms with Crippen LogP contribution in [0.2, 0.25) is 0 Å². The van der Waals surface area contributed by atoms with E-state index in [9.17, 15) is 9.59 Å². The van der Waals surface area contributed by atoms with Gasteiger partial charge in [0.15, 0.2) is 0 Å². The highest BCUT2D eigenvalue weighted by Gasteiger charge is 2.23. The van der Waals surface area contributed by atoms with Gasteiger partial charge in [-0.2, -0.15) is 5.10 Å². The number of nitrogens with zero attached hydrogens (tertiary/aromatic N) is 3. The van der Waals surface area contributed by atoms with Crippen LogP contribution in [0.3, 0.4) is 0 Å². The van der Waals surface area contributed by atoms with Crippen molar-refractivity contribution in [2.75, 3.05) is 18.4 Å². The largest absolute Gasteiger partial charge is 0.480 e. The average molecular weight is 296 g/mol. The third-order valence-corrected chi connectivity index (χ3v) is 3.19. The Hall–Kier alpha value is -1.89. The molecule has 7 heteroatoms. The van der Waals surface area contributed by atoms with Crippen LogP contribution in [0, 0.1) is 0 Å². The summed E-state index contributed by atoms with van der Waals surface area (Å²) in [5, 5.41) is 15.9. The molecule has 118 valence electrons. The number of carboxylic acids is 1. The minimum absolute atomic E-state index is 0.136. The maximum absolute atomic E-state index is 12.3. The molecule has 1 aromatic rings. The molecule has 1 heterocycles. The quantitative estimate of drug-likeness (QED) is 0.760. The Balaban J connectivity index is 2.76. The molecule has 0 aliphatic carbocycles. The van der Waals surface area contributed by atoms with Gasteiger partial charge in [-0.3, -0.25) is 14.5 Å². The van der Waals surface area contributed by atoms with Gasteiger partial charge in [-0.1, -0.05) is 6.92 Å². The number of hydrogen-bond donors (Lipinski definition) is 2. The fourth-order valence-corrected chi connectivity index (χ4v) is 2.09. The van der Waals surface area contributed by atoms with Gasteiger partial charge in [-0.25, -0.2) is 4.68 Å². The van der Waals surface area contributed by atoms with Crippen LogP contribution < -0.4 is 5.32 Å². The molecule has 0 aliphatic rings. The highest BCUT2D eigenvalue weighted by Crippen LogP contribution is 2.14. The first-order chi connectivity index (χ1) is 9.86.